The predicted octanol–water partition coefficient (Wildman–Crippen LogP) is 4.65. The molecule has 0 aromatic rings. The standard InChI is InChI=1S/C14H20I4N2/c15-10-8-6-19(7-8)11(16)14(10)12(17)20(13(14)18)9-4-2-1-3-5-9/h8-13H,1-7H2. The van der Waals surface area contributed by atoms with E-state index in [0.717, 1.165) is 28.0 Å². The third kappa shape index (κ3) is 2.08. The van der Waals surface area contributed by atoms with Crippen LogP contribution in [0.1, 0.15) is 32.1 Å². The van der Waals surface area contributed by atoms with Crippen LogP contribution in [0, 0.1) is 11.3 Å². The van der Waals surface area contributed by atoms with Crippen LogP contribution in [0.5, 0.6) is 0 Å². The van der Waals surface area contributed by atoms with Gasteiger partial charge in [0.1, 0.15) is 0 Å². The highest BCUT2D eigenvalue weighted by molar-refractivity contribution is 14.1. The first-order chi connectivity index (χ1) is 9.58. The smallest absolute Gasteiger partial charge is 0.0742 e. The van der Waals surface area contributed by atoms with Crippen LogP contribution in [0.25, 0.3) is 0 Å². The summed E-state index contributed by atoms with van der Waals surface area (Å²) in [6.07, 6.45) is 7.26. The molecule has 114 valence electrons. The molecular weight excluding hydrogens is 704 g/mol. The molecule has 0 radical (unpaired) electrons. The van der Waals surface area contributed by atoms with Crippen molar-refractivity contribution >= 4 is 90.4 Å². The van der Waals surface area contributed by atoms with Crippen LogP contribution >= 0.6 is 90.4 Å². The van der Waals surface area contributed by atoms with Crippen LogP contribution in [0.15, 0.2) is 0 Å². The number of hydrogen-bond donors (Lipinski definition) is 0. The summed E-state index contributed by atoms with van der Waals surface area (Å²) in [4.78, 5) is 5.61. The summed E-state index contributed by atoms with van der Waals surface area (Å²) in [6.45, 7) is 2.72. The predicted molar refractivity (Wildman–Crippen MR) is 117 cm³/mol. The van der Waals surface area contributed by atoms with Crippen LogP contribution in [-0.4, -0.2) is 45.0 Å². The first kappa shape index (κ1) is 16.3. The van der Waals surface area contributed by atoms with E-state index in [1.165, 1.54) is 45.2 Å². The fourth-order valence-corrected chi connectivity index (χ4v) is 16.1. The Kier molecular flexibility index (Phi) is 4.88. The molecule has 6 heteroatoms. The molecule has 4 aliphatic heterocycles. The van der Waals surface area contributed by atoms with Gasteiger partial charge in [-0.1, -0.05) is 110 Å². The Hall–Kier alpha value is 2.84. The first-order valence-corrected chi connectivity index (χ1v) is 12.6. The Labute approximate surface area is 176 Å². The maximum Gasteiger partial charge on any atom is 0.0742 e. The molecule has 5 fully saturated rings. The monoisotopic (exact) mass is 724 g/mol. The molecule has 4 atom stereocenters. The van der Waals surface area contributed by atoms with E-state index in [9.17, 15) is 0 Å². The van der Waals surface area contributed by atoms with E-state index in [2.05, 4.69) is 100 Å². The van der Waals surface area contributed by atoms with Crippen LogP contribution in [0.2, 0.25) is 0 Å². The molecule has 4 saturated heterocycles. The first-order valence-electron chi connectivity index (χ1n) is 7.66. The second-order valence-corrected chi connectivity index (χ2v) is 11.7. The second kappa shape index (κ2) is 5.98. The minimum absolute atomic E-state index is 0.529. The van der Waals surface area contributed by atoms with Crippen molar-refractivity contribution in [1.29, 1.82) is 0 Å². The lowest BCUT2D eigenvalue weighted by atomic mass is 9.65. The molecule has 4 heterocycles. The number of nitrogens with zero attached hydrogens (tertiary/aromatic N) is 2. The maximum atomic E-state index is 2.88. The van der Waals surface area contributed by atoms with Crippen molar-refractivity contribution in [3.05, 3.63) is 0 Å². The zero-order valence-electron chi connectivity index (χ0n) is 11.3. The lowest BCUT2D eigenvalue weighted by molar-refractivity contribution is -0.149. The van der Waals surface area contributed by atoms with Crippen LogP contribution in [0.4, 0.5) is 0 Å². The Morgan fingerprint density at radius 2 is 1.40 bits per heavy atom. The summed E-state index contributed by atoms with van der Waals surface area (Å²) in [6, 6.07) is 0.874. The summed E-state index contributed by atoms with van der Waals surface area (Å²) in [5.41, 5.74) is 0.529. The molecule has 2 nitrogen and oxygen atoms in total. The van der Waals surface area contributed by atoms with Gasteiger partial charge in [-0.2, -0.15) is 0 Å². The molecule has 1 saturated carbocycles. The second-order valence-electron chi connectivity index (χ2n) is 6.86. The largest absolute Gasteiger partial charge is 0.290 e. The van der Waals surface area contributed by atoms with E-state index >= 15 is 0 Å². The molecule has 5 rings (SSSR count). The van der Waals surface area contributed by atoms with Crippen molar-refractivity contribution in [2.75, 3.05) is 13.1 Å². The Morgan fingerprint density at radius 3 is 1.95 bits per heavy atom. The number of halogens is 4. The van der Waals surface area contributed by atoms with Crippen LogP contribution in [-0.2, 0) is 0 Å². The van der Waals surface area contributed by atoms with Gasteiger partial charge in [0.25, 0.3) is 0 Å². The topological polar surface area (TPSA) is 6.48 Å². The van der Waals surface area contributed by atoms with Crippen LogP contribution in [0.3, 0.4) is 0 Å². The van der Waals surface area contributed by atoms with E-state index in [4.69, 9.17) is 0 Å². The molecule has 0 N–H and O–H groups in total. The molecule has 0 amide bonds. The highest BCUT2D eigenvalue weighted by Gasteiger charge is 2.72. The minimum atomic E-state index is 0.529. The van der Waals surface area contributed by atoms with Crippen molar-refractivity contribution in [3.63, 3.8) is 0 Å². The molecule has 0 aromatic heterocycles. The number of hydrogen-bond acceptors (Lipinski definition) is 2. The average Bonchev–Trinajstić information content (AvgIpc) is 2.38. The lowest BCUT2D eigenvalue weighted by Gasteiger charge is -2.73. The van der Waals surface area contributed by atoms with Crippen molar-refractivity contribution in [3.8, 4) is 0 Å². The van der Waals surface area contributed by atoms with Gasteiger partial charge in [0.15, 0.2) is 0 Å². The molecule has 4 unspecified atom stereocenters. The van der Waals surface area contributed by atoms with E-state index in [1.807, 2.05) is 0 Å². The van der Waals surface area contributed by atoms with Crippen molar-refractivity contribution in [1.82, 2.24) is 9.80 Å². The van der Waals surface area contributed by atoms with Gasteiger partial charge in [-0.15, -0.1) is 0 Å². The zero-order valence-corrected chi connectivity index (χ0v) is 20.0. The van der Waals surface area contributed by atoms with E-state index in [1.54, 1.807) is 0 Å². The molecule has 1 spiro atoms. The van der Waals surface area contributed by atoms with Crippen molar-refractivity contribution in [2.45, 2.75) is 54.2 Å². The van der Waals surface area contributed by atoms with Gasteiger partial charge >= 0.3 is 0 Å². The molecule has 1 aliphatic carbocycles. The highest BCUT2D eigenvalue weighted by Crippen LogP contribution is 2.66. The molecular formula is C14H20I4N2. The van der Waals surface area contributed by atoms with E-state index < -0.39 is 0 Å². The Balaban J connectivity index is 1.58. The maximum absolute atomic E-state index is 2.88. The summed E-state index contributed by atoms with van der Waals surface area (Å²) in [5.74, 6) is 0.963. The van der Waals surface area contributed by atoms with Gasteiger partial charge in [-0.05, 0) is 18.8 Å². The van der Waals surface area contributed by atoms with Gasteiger partial charge in [-0.25, -0.2) is 0 Å². The fourth-order valence-electron chi connectivity index (χ4n) is 4.68. The van der Waals surface area contributed by atoms with Crippen molar-refractivity contribution < 1.29 is 0 Å². The summed E-state index contributed by atoms with van der Waals surface area (Å²) >= 11 is 11.2. The van der Waals surface area contributed by atoms with Crippen LogP contribution < -0.4 is 0 Å². The normalized spacial score (nSPS) is 56.4. The summed E-state index contributed by atoms with van der Waals surface area (Å²) < 4.78 is 3.12. The fraction of sp³-hybridized carbons (Fsp3) is 1.00. The highest BCUT2D eigenvalue weighted by atomic mass is 127. The number of piperidine rings is 2. The third-order valence-electron chi connectivity index (χ3n) is 5.91. The Morgan fingerprint density at radius 1 is 0.800 bits per heavy atom. The third-order valence-corrected chi connectivity index (χ3v) is 13.3. The van der Waals surface area contributed by atoms with E-state index in [0.29, 0.717) is 5.41 Å². The van der Waals surface area contributed by atoms with Gasteiger partial charge in [0.05, 0.1) is 17.6 Å². The van der Waals surface area contributed by atoms with Crippen molar-refractivity contribution in [2.24, 2.45) is 11.3 Å². The average molecular weight is 724 g/mol. The Bertz CT molecular complexity index is 369. The SMILES string of the molecule is IC1C2CN(C2)C(I)C12C(I)N(C1CCCCC1)C2I. The van der Waals surface area contributed by atoms with E-state index in [-0.39, 0.29) is 0 Å². The quantitative estimate of drug-likeness (QED) is 0.221. The van der Waals surface area contributed by atoms with Gasteiger partial charge in [0, 0.05) is 23.1 Å². The minimum Gasteiger partial charge on any atom is -0.290 e. The van der Waals surface area contributed by atoms with Gasteiger partial charge in [-0.3, -0.25) is 9.80 Å². The molecule has 5 aliphatic rings. The molecule has 2 bridgehead atoms. The number of likely N-dealkylation sites (tertiary alicyclic amines) is 1. The number of alkyl halides is 4. The zero-order chi connectivity index (χ0) is 14.1. The molecule has 0 aromatic carbocycles. The number of rotatable bonds is 1. The molecule has 20 heavy (non-hydrogen) atoms. The lowest BCUT2D eigenvalue weighted by Crippen LogP contribution is -2.83. The summed E-state index contributed by atoms with van der Waals surface area (Å²) in [5, 5.41) is 0. The van der Waals surface area contributed by atoms with Gasteiger partial charge in [0.2, 0.25) is 0 Å². The summed E-state index contributed by atoms with van der Waals surface area (Å²) in [7, 11) is 0. The van der Waals surface area contributed by atoms with Gasteiger partial charge < -0.3 is 0 Å².